The summed E-state index contributed by atoms with van der Waals surface area (Å²) in [6, 6.07) is 4.46. The van der Waals surface area contributed by atoms with Crippen LogP contribution >= 0.6 is 0 Å². The van der Waals surface area contributed by atoms with Crippen molar-refractivity contribution in [3.63, 3.8) is 0 Å². The van der Waals surface area contributed by atoms with E-state index in [0.29, 0.717) is 0 Å². The molecule has 1 nitrogen and oxygen atoms in total. The molecule has 0 bridgehead atoms. The van der Waals surface area contributed by atoms with E-state index in [0.717, 1.165) is 0 Å². The number of unbranched alkanes of at least 4 members (excludes halogenated alkanes) is 5. The van der Waals surface area contributed by atoms with Gasteiger partial charge in [0.25, 0.3) is 0 Å². The molecule has 0 N–H and O–H groups in total. The number of nitrogens with zero attached hydrogens (tertiary/aromatic N) is 1. The molecule has 0 atom stereocenters. The van der Waals surface area contributed by atoms with Gasteiger partial charge in [0.2, 0.25) is 0 Å². The van der Waals surface area contributed by atoms with Crippen LogP contribution in [0.1, 0.15) is 64.4 Å². The van der Waals surface area contributed by atoms with Gasteiger partial charge in [-0.15, -0.1) is 0 Å². The first-order valence-corrected chi connectivity index (χ1v) is 7.34. The highest BCUT2D eigenvalue weighted by Crippen LogP contribution is 2.04. The lowest BCUT2D eigenvalue weighted by molar-refractivity contribution is -0.697. The zero-order valence-corrected chi connectivity index (χ0v) is 11.6. The highest BCUT2D eigenvalue weighted by Gasteiger charge is 2.02. The highest BCUT2D eigenvalue weighted by molar-refractivity contribution is 5.05. The lowest BCUT2D eigenvalue weighted by atomic mass is 10.1. The SMILES string of the molecule is CCCCCC[n+]1cccc(CCCCC)c1. The van der Waals surface area contributed by atoms with Crippen molar-refractivity contribution >= 4 is 0 Å². The quantitative estimate of drug-likeness (QED) is 0.443. The smallest absolute Gasteiger partial charge is 0.171 e. The predicted molar refractivity (Wildman–Crippen MR) is 74.0 cm³/mol. The Balaban J connectivity index is 2.31. The fourth-order valence-electron chi connectivity index (χ4n) is 2.16. The van der Waals surface area contributed by atoms with Crippen LogP contribution in [0, 0.1) is 0 Å². The molecule has 0 aliphatic rings. The standard InChI is InChI=1S/C16H28N/c1-3-5-7-9-13-17-14-10-12-16(15-17)11-8-6-4-2/h10,12,14-15H,3-9,11,13H2,1-2H3/q+1. The van der Waals surface area contributed by atoms with Crippen molar-refractivity contribution in [2.24, 2.45) is 0 Å². The van der Waals surface area contributed by atoms with E-state index in [1.54, 1.807) is 0 Å². The number of hydrogen-bond donors (Lipinski definition) is 0. The van der Waals surface area contributed by atoms with Crippen molar-refractivity contribution in [1.29, 1.82) is 0 Å². The number of pyridine rings is 1. The summed E-state index contributed by atoms with van der Waals surface area (Å²) >= 11 is 0. The van der Waals surface area contributed by atoms with Crippen molar-refractivity contribution in [2.45, 2.75) is 71.8 Å². The van der Waals surface area contributed by atoms with E-state index in [9.17, 15) is 0 Å². The van der Waals surface area contributed by atoms with Crippen LogP contribution in [0.4, 0.5) is 0 Å². The minimum Gasteiger partial charge on any atom is -0.205 e. The maximum absolute atomic E-state index is 2.36. The Labute approximate surface area is 107 Å². The van der Waals surface area contributed by atoms with E-state index < -0.39 is 0 Å². The van der Waals surface area contributed by atoms with Gasteiger partial charge < -0.3 is 0 Å². The molecule has 0 spiro atoms. The maximum atomic E-state index is 2.36. The second-order valence-corrected chi connectivity index (χ2v) is 4.97. The summed E-state index contributed by atoms with van der Waals surface area (Å²) in [6.45, 7) is 5.71. The number of rotatable bonds is 9. The molecule has 0 aliphatic carbocycles. The monoisotopic (exact) mass is 234 g/mol. The van der Waals surface area contributed by atoms with Gasteiger partial charge in [0, 0.05) is 18.1 Å². The van der Waals surface area contributed by atoms with Crippen LogP contribution in [0.3, 0.4) is 0 Å². The van der Waals surface area contributed by atoms with Crippen LogP contribution in [-0.2, 0) is 13.0 Å². The van der Waals surface area contributed by atoms with Gasteiger partial charge in [-0.2, -0.15) is 0 Å². The summed E-state index contributed by atoms with van der Waals surface area (Å²) in [5.74, 6) is 0. The molecule has 0 unspecified atom stereocenters. The third-order valence-corrected chi connectivity index (χ3v) is 3.26. The Kier molecular flexibility index (Phi) is 7.70. The number of aromatic nitrogens is 1. The zero-order valence-electron chi connectivity index (χ0n) is 11.6. The Morgan fingerprint density at radius 1 is 0.941 bits per heavy atom. The lowest BCUT2D eigenvalue weighted by Crippen LogP contribution is -2.33. The van der Waals surface area contributed by atoms with E-state index in [1.165, 1.54) is 63.5 Å². The average Bonchev–Trinajstić information content (AvgIpc) is 2.36. The van der Waals surface area contributed by atoms with Crippen molar-refractivity contribution in [2.75, 3.05) is 0 Å². The van der Waals surface area contributed by atoms with Gasteiger partial charge in [-0.05, 0) is 25.3 Å². The summed E-state index contributed by atoms with van der Waals surface area (Å²) < 4.78 is 2.36. The molecule has 0 saturated carbocycles. The average molecular weight is 234 g/mol. The molecule has 0 amide bonds. The molecule has 1 heteroatoms. The predicted octanol–water partition coefficient (Wildman–Crippen LogP) is 4.29. The third-order valence-electron chi connectivity index (χ3n) is 3.26. The topological polar surface area (TPSA) is 3.88 Å². The van der Waals surface area contributed by atoms with Crippen LogP contribution < -0.4 is 4.57 Å². The molecule has 1 aromatic rings. The van der Waals surface area contributed by atoms with Gasteiger partial charge >= 0.3 is 0 Å². The van der Waals surface area contributed by atoms with Crippen LogP contribution in [0.5, 0.6) is 0 Å². The van der Waals surface area contributed by atoms with E-state index in [-0.39, 0.29) is 0 Å². The van der Waals surface area contributed by atoms with E-state index in [1.807, 2.05) is 0 Å². The Morgan fingerprint density at radius 3 is 2.47 bits per heavy atom. The van der Waals surface area contributed by atoms with Crippen LogP contribution in [-0.4, -0.2) is 0 Å². The first-order chi connectivity index (χ1) is 8.36. The molecular formula is C16H28N+. The first kappa shape index (κ1) is 14.2. The van der Waals surface area contributed by atoms with Crippen LogP contribution in [0.2, 0.25) is 0 Å². The van der Waals surface area contributed by atoms with E-state index in [2.05, 4.69) is 42.9 Å². The Bertz CT molecular complexity index is 293. The number of hydrogen-bond acceptors (Lipinski definition) is 0. The minimum absolute atomic E-state index is 1.18. The van der Waals surface area contributed by atoms with Gasteiger partial charge in [0.05, 0.1) is 0 Å². The molecule has 0 saturated heterocycles. The van der Waals surface area contributed by atoms with E-state index >= 15 is 0 Å². The molecule has 1 heterocycles. The molecule has 0 fully saturated rings. The second-order valence-electron chi connectivity index (χ2n) is 4.97. The molecule has 0 radical (unpaired) electrons. The summed E-state index contributed by atoms with van der Waals surface area (Å²) in [7, 11) is 0. The third kappa shape index (κ3) is 6.45. The van der Waals surface area contributed by atoms with Crippen molar-refractivity contribution in [3.8, 4) is 0 Å². The fraction of sp³-hybridized carbons (Fsp3) is 0.688. The molecule has 1 rings (SSSR count). The largest absolute Gasteiger partial charge is 0.205 e. The lowest BCUT2D eigenvalue weighted by Gasteiger charge is -2.01. The van der Waals surface area contributed by atoms with E-state index in [4.69, 9.17) is 0 Å². The van der Waals surface area contributed by atoms with Crippen molar-refractivity contribution in [1.82, 2.24) is 0 Å². The molecule has 0 aromatic carbocycles. The Morgan fingerprint density at radius 2 is 1.71 bits per heavy atom. The normalized spacial score (nSPS) is 10.7. The first-order valence-electron chi connectivity index (χ1n) is 7.34. The summed E-state index contributed by atoms with van der Waals surface area (Å²) in [5, 5.41) is 0. The summed E-state index contributed by atoms with van der Waals surface area (Å²) in [6.07, 6.45) is 15.1. The molecule has 1 aromatic heterocycles. The Hall–Kier alpha value is -0.850. The fourth-order valence-corrected chi connectivity index (χ4v) is 2.16. The van der Waals surface area contributed by atoms with Gasteiger partial charge in [-0.3, -0.25) is 0 Å². The summed E-state index contributed by atoms with van der Waals surface area (Å²) in [4.78, 5) is 0. The molecule has 0 aliphatic heterocycles. The summed E-state index contributed by atoms with van der Waals surface area (Å²) in [5.41, 5.74) is 1.50. The molecular weight excluding hydrogens is 206 g/mol. The van der Waals surface area contributed by atoms with Gasteiger partial charge in [0.1, 0.15) is 6.54 Å². The van der Waals surface area contributed by atoms with Crippen LogP contribution in [0.25, 0.3) is 0 Å². The van der Waals surface area contributed by atoms with Crippen molar-refractivity contribution < 1.29 is 4.57 Å². The molecule has 17 heavy (non-hydrogen) atoms. The highest BCUT2D eigenvalue weighted by atomic mass is 14.9. The van der Waals surface area contributed by atoms with Gasteiger partial charge in [-0.1, -0.05) is 39.5 Å². The van der Waals surface area contributed by atoms with Gasteiger partial charge in [-0.25, -0.2) is 4.57 Å². The zero-order chi connectivity index (χ0) is 12.3. The van der Waals surface area contributed by atoms with Crippen LogP contribution in [0.15, 0.2) is 24.5 Å². The number of aryl methyl sites for hydroxylation is 2. The minimum atomic E-state index is 1.18. The van der Waals surface area contributed by atoms with Crippen molar-refractivity contribution in [3.05, 3.63) is 30.1 Å². The maximum Gasteiger partial charge on any atom is 0.171 e. The second kappa shape index (κ2) is 9.21. The van der Waals surface area contributed by atoms with Gasteiger partial charge in [0.15, 0.2) is 12.4 Å². The molecule has 96 valence electrons.